The van der Waals surface area contributed by atoms with Crippen LogP contribution >= 0.6 is 15.9 Å². The van der Waals surface area contributed by atoms with Crippen molar-refractivity contribution in [2.24, 2.45) is 0 Å². The lowest BCUT2D eigenvalue weighted by Gasteiger charge is -2.26. The summed E-state index contributed by atoms with van der Waals surface area (Å²) in [7, 11) is 0. The van der Waals surface area contributed by atoms with E-state index >= 15 is 0 Å². The minimum absolute atomic E-state index is 0.119. The molecule has 1 aromatic heterocycles. The molecular formula is C15H14BrF2N3O2. The Kier molecular flexibility index (Phi) is 4.61. The highest BCUT2D eigenvalue weighted by Crippen LogP contribution is 2.27. The molecule has 1 amide bonds. The Labute approximate surface area is 139 Å². The first-order chi connectivity index (χ1) is 11.0. The van der Waals surface area contributed by atoms with Crippen LogP contribution in [0, 0.1) is 0 Å². The third kappa shape index (κ3) is 3.52. The highest BCUT2D eigenvalue weighted by atomic mass is 79.9. The van der Waals surface area contributed by atoms with Crippen molar-refractivity contribution in [2.45, 2.75) is 19.4 Å². The van der Waals surface area contributed by atoms with Crippen molar-refractivity contribution in [2.75, 3.05) is 13.2 Å². The zero-order valence-corrected chi connectivity index (χ0v) is 13.6. The van der Waals surface area contributed by atoms with E-state index in [4.69, 9.17) is 4.74 Å². The number of halogens is 3. The number of ether oxygens (including phenoxy) is 1. The molecule has 1 aromatic carbocycles. The fraction of sp³-hybridized carbons (Fsp3) is 0.333. The van der Waals surface area contributed by atoms with Crippen molar-refractivity contribution in [1.29, 1.82) is 0 Å². The van der Waals surface area contributed by atoms with Gasteiger partial charge in [-0.3, -0.25) is 9.89 Å². The van der Waals surface area contributed by atoms with Gasteiger partial charge in [-0.15, -0.1) is 0 Å². The second-order valence-electron chi connectivity index (χ2n) is 5.20. The summed E-state index contributed by atoms with van der Waals surface area (Å²) in [6.07, 6.45) is -0.00262. The number of hydrogen-bond acceptors (Lipinski definition) is 3. The van der Waals surface area contributed by atoms with Crippen LogP contribution in [0.2, 0.25) is 0 Å². The lowest BCUT2D eigenvalue weighted by atomic mass is 10.1. The van der Waals surface area contributed by atoms with E-state index in [-0.39, 0.29) is 11.7 Å². The minimum Gasteiger partial charge on any atom is -0.486 e. The fourth-order valence-corrected chi connectivity index (χ4v) is 2.97. The molecule has 0 atom stereocenters. The summed E-state index contributed by atoms with van der Waals surface area (Å²) in [6, 6.07) is 4.69. The van der Waals surface area contributed by atoms with Crippen molar-refractivity contribution in [3.05, 3.63) is 45.7 Å². The Morgan fingerprint density at radius 3 is 3.04 bits per heavy atom. The molecule has 0 bridgehead atoms. The Morgan fingerprint density at radius 2 is 2.30 bits per heavy atom. The van der Waals surface area contributed by atoms with Gasteiger partial charge in [0.2, 0.25) is 0 Å². The van der Waals surface area contributed by atoms with E-state index in [0.717, 1.165) is 17.7 Å². The maximum Gasteiger partial charge on any atom is 0.272 e. The van der Waals surface area contributed by atoms with Crippen LogP contribution < -0.4 is 4.74 Å². The topological polar surface area (TPSA) is 58.2 Å². The van der Waals surface area contributed by atoms with Crippen molar-refractivity contribution in [3.8, 4) is 5.75 Å². The molecule has 2 heterocycles. The Bertz CT molecular complexity index is 720. The quantitative estimate of drug-likeness (QED) is 0.879. The molecule has 3 rings (SSSR count). The smallest absolute Gasteiger partial charge is 0.272 e. The summed E-state index contributed by atoms with van der Waals surface area (Å²) in [5, 5.41) is 6.88. The average molecular weight is 386 g/mol. The van der Waals surface area contributed by atoms with Crippen LogP contribution in [-0.4, -0.2) is 40.6 Å². The number of alkyl halides is 2. The van der Waals surface area contributed by atoms with E-state index in [1.807, 2.05) is 0 Å². The van der Waals surface area contributed by atoms with E-state index in [9.17, 15) is 13.6 Å². The zero-order chi connectivity index (χ0) is 16.4. The number of nitrogens with zero attached hydrogens (tertiary/aromatic N) is 2. The fourth-order valence-electron chi connectivity index (χ4n) is 2.48. The number of benzene rings is 1. The van der Waals surface area contributed by atoms with Crippen molar-refractivity contribution >= 4 is 21.8 Å². The van der Waals surface area contributed by atoms with Gasteiger partial charge in [-0.25, -0.2) is 8.78 Å². The van der Waals surface area contributed by atoms with Crippen LogP contribution in [0.3, 0.4) is 0 Å². The average Bonchev–Trinajstić information content (AvgIpc) is 3.00. The normalized spacial score (nSPS) is 14.0. The van der Waals surface area contributed by atoms with Crippen molar-refractivity contribution in [1.82, 2.24) is 15.1 Å². The van der Waals surface area contributed by atoms with E-state index in [1.165, 1.54) is 6.07 Å². The summed E-state index contributed by atoms with van der Waals surface area (Å²) < 4.78 is 29.8. The van der Waals surface area contributed by atoms with Crippen LogP contribution in [0.1, 0.15) is 21.6 Å². The molecule has 5 nitrogen and oxygen atoms in total. The first-order valence-corrected chi connectivity index (χ1v) is 7.85. The molecule has 0 saturated heterocycles. The lowest BCUT2D eigenvalue weighted by Crippen LogP contribution is -2.35. The summed E-state index contributed by atoms with van der Waals surface area (Å²) >= 11 is 3.25. The molecule has 122 valence electrons. The van der Waals surface area contributed by atoms with Crippen LogP contribution in [0.25, 0.3) is 0 Å². The number of carbonyl (C=O) groups excluding carboxylic acids is 1. The number of nitrogens with one attached hydrogen (secondary N) is 1. The Hall–Kier alpha value is -1.96. The number of aromatic nitrogens is 2. The van der Waals surface area contributed by atoms with Gasteiger partial charge in [0.05, 0.1) is 22.9 Å². The summed E-state index contributed by atoms with van der Waals surface area (Å²) in [6.45, 7) is 0.419. The second kappa shape index (κ2) is 6.66. The number of hydrogen-bond donors (Lipinski definition) is 1. The van der Waals surface area contributed by atoms with E-state index in [0.29, 0.717) is 23.1 Å². The number of rotatable bonds is 4. The molecule has 0 spiro atoms. The largest absolute Gasteiger partial charge is 0.486 e. The summed E-state index contributed by atoms with van der Waals surface area (Å²) in [5.41, 5.74) is 2.55. The van der Waals surface area contributed by atoms with E-state index < -0.39 is 13.0 Å². The van der Waals surface area contributed by atoms with Gasteiger partial charge >= 0.3 is 0 Å². The van der Waals surface area contributed by atoms with Gasteiger partial charge < -0.3 is 9.64 Å². The third-order valence-electron chi connectivity index (χ3n) is 3.64. The molecule has 8 heteroatoms. The van der Waals surface area contributed by atoms with Gasteiger partial charge in [-0.2, -0.15) is 5.10 Å². The molecule has 0 saturated carbocycles. The SMILES string of the molecule is O=C(c1ccc(OCC(F)F)c(Br)c1)N1CCc2cn[nH]c2C1. The number of fused-ring (bicyclic) bond motifs is 1. The van der Waals surface area contributed by atoms with Crippen LogP contribution in [0.15, 0.2) is 28.9 Å². The van der Waals surface area contributed by atoms with Gasteiger partial charge in [-0.1, -0.05) is 0 Å². The van der Waals surface area contributed by atoms with Gasteiger partial charge in [-0.05, 0) is 46.1 Å². The van der Waals surface area contributed by atoms with Gasteiger partial charge in [0.15, 0.2) is 0 Å². The highest BCUT2D eigenvalue weighted by Gasteiger charge is 2.23. The third-order valence-corrected chi connectivity index (χ3v) is 4.26. The maximum atomic E-state index is 12.6. The molecule has 1 aliphatic rings. The maximum absolute atomic E-state index is 12.6. The zero-order valence-electron chi connectivity index (χ0n) is 12.1. The Morgan fingerprint density at radius 1 is 1.48 bits per heavy atom. The first kappa shape index (κ1) is 15.9. The summed E-state index contributed by atoms with van der Waals surface area (Å²) in [5.74, 6) is 0.169. The second-order valence-corrected chi connectivity index (χ2v) is 6.05. The minimum atomic E-state index is -2.54. The molecule has 0 fully saturated rings. The molecule has 2 aromatic rings. The van der Waals surface area contributed by atoms with E-state index in [1.54, 1.807) is 23.2 Å². The molecular weight excluding hydrogens is 372 g/mol. The number of aromatic amines is 1. The number of amides is 1. The number of H-pyrrole nitrogens is 1. The van der Waals surface area contributed by atoms with Crippen molar-refractivity contribution in [3.63, 3.8) is 0 Å². The lowest BCUT2D eigenvalue weighted by molar-refractivity contribution is 0.0730. The van der Waals surface area contributed by atoms with Gasteiger partial charge in [0.25, 0.3) is 12.3 Å². The van der Waals surface area contributed by atoms with Gasteiger partial charge in [0.1, 0.15) is 12.4 Å². The molecule has 0 unspecified atom stereocenters. The molecule has 1 aliphatic heterocycles. The van der Waals surface area contributed by atoms with Crippen LogP contribution in [-0.2, 0) is 13.0 Å². The standard InChI is InChI=1S/C15H14BrF2N3O2/c16-11-5-9(1-2-13(11)23-8-14(17)18)15(22)21-4-3-10-6-19-20-12(10)7-21/h1-2,5-6,14H,3-4,7-8H2,(H,19,20). The van der Waals surface area contributed by atoms with Gasteiger partial charge in [0, 0.05) is 12.1 Å². The van der Waals surface area contributed by atoms with E-state index in [2.05, 4.69) is 26.1 Å². The molecule has 0 aliphatic carbocycles. The first-order valence-electron chi connectivity index (χ1n) is 7.05. The monoisotopic (exact) mass is 385 g/mol. The summed E-state index contributed by atoms with van der Waals surface area (Å²) in [4.78, 5) is 14.3. The predicted octanol–water partition coefficient (Wildman–Crippen LogP) is 3.01. The number of carbonyl (C=O) groups is 1. The highest BCUT2D eigenvalue weighted by molar-refractivity contribution is 9.10. The Balaban J connectivity index is 1.72. The van der Waals surface area contributed by atoms with Crippen LogP contribution in [0.4, 0.5) is 8.78 Å². The molecule has 1 N–H and O–H groups in total. The van der Waals surface area contributed by atoms with Crippen molar-refractivity contribution < 1.29 is 18.3 Å². The predicted molar refractivity (Wildman–Crippen MR) is 82.7 cm³/mol. The molecule has 0 radical (unpaired) electrons. The van der Waals surface area contributed by atoms with Crippen LogP contribution in [0.5, 0.6) is 5.75 Å². The molecule has 23 heavy (non-hydrogen) atoms.